The van der Waals surface area contributed by atoms with E-state index in [0.717, 1.165) is 5.56 Å². The summed E-state index contributed by atoms with van der Waals surface area (Å²) in [6, 6.07) is 12.2. The van der Waals surface area contributed by atoms with Gasteiger partial charge in [-0.25, -0.2) is 4.79 Å². The highest BCUT2D eigenvalue weighted by atomic mass is 32.1. The molecule has 1 heterocycles. The molecule has 2 rings (SSSR count). The Balaban J connectivity index is 1.76. The largest absolute Gasteiger partial charge is 0.383 e. The van der Waals surface area contributed by atoms with E-state index in [1.807, 2.05) is 37.3 Å². The van der Waals surface area contributed by atoms with Crippen LogP contribution in [-0.2, 0) is 4.79 Å². The minimum atomic E-state index is -0.491. The van der Waals surface area contributed by atoms with Gasteiger partial charge in [0.05, 0.1) is 22.5 Å². The summed E-state index contributed by atoms with van der Waals surface area (Å²) in [5.74, 6) is -0.333. The quantitative estimate of drug-likeness (QED) is 0.407. The Labute approximate surface area is 143 Å². The Morgan fingerprint density at radius 3 is 2.54 bits per heavy atom. The smallest absolute Gasteiger partial charge is 0.320 e. The summed E-state index contributed by atoms with van der Waals surface area (Å²) in [4.78, 5) is 24.2. The molecule has 0 fully saturated rings. The molecule has 0 saturated carbocycles. The summed E-state index contributed by atoms with van der Waals surface area (Å²) in [7, 11) is 0. The number of benzene rings is 1. The van der Waals surface area contributed by atoms with Gasteiger partial charge < -0.3 is 16.4 Å². The van der Waals surface area contributed by atoms with Crippen molar-refractivity contribution < 1.29 is 9.59 Å². The molecule has 24 heavy (non-hydrogen) atoms. The highest BCUT2D eigenvalue weighted by molar-refractivity contribution is 7.18. The average molecular weight is 345 g/mol. The van der Waals surface area contributed by atoms with Crippen LogP contribution in [0.25, 0.3) is 0 Å². The van der Waals surface area contributed by atoms with E-state index in [1.165, 1.54) is 11.3 Å². The molecule has 1 aromatic carbocycles. The van der Waals surface area contributed by atoms with Crippen LogP contribution in [0.1, 0.15) is 23.4 Å². The zero-order valence-electron chi connectivity index (χ0n) is 13.1. The highest BCUT2D eigenvalue weighted by Crippen LogP contribution is 2.20. The van der Waals surface area contributed by atoms with Crippen molar-refractivity contribution in [3.63, 3.8) is 0 Å². The number of thiophene rings is 1. The van der Waals surface area contributed by atoms with Crippen molar-refractivity contribution in [3.8, 4) is 0 Å². The molecule has 3 amide bonds. The summed E-state index contributed by atoms with van der Waals surface area (Å²) in [5, 5.41) is 15.8. The Hall–Kier alpha value is -2.87. The van der Waals surface area contributed by atoms with E-state index >= 15 is 0 Å². The van der Waals surface area contributed by atoms with E-state index in [-0.39, 0.29) is 24.3 Å². The number of hydrogen-bond acceptors (Lipinski definition) is 4. The number of nitrogen functional groups attached to an aromatic ring is 1. The molecule has 1 atom stereocenters. The number of carbonyl (C=O) groups is 2. The van der Waals surface area contributed by atoms with E-state index in [2.05, 4.69) is 16.0 Å². The van der Waals surface area contributed by atoms with E-state index in [9.17, 15) is 9.59 Å². The fourth-order valence-corrected chi connectivity index (χ4v) is 2.75. The molecule has 6 N–H and O–H groups in total. The van der Waals surface area contributed by atoms with E-state index < -0.39 is 6.03 Å². The van der Waals surface area contributed by atoms with E-state index in [0.29, 0.717) is 9.88 Å². The summed E-state index contributed by atoms with van der Waals surface area (Å²) < 4.78 is 0. The van der Waals surface area contributed by atoms with Gasteiger partial charge in [0.1, 0.15) is 5.84 Å². The molecule has 7 nitrogen and oxygen atoms in total. The summed E-state index contributed by atoms with van der Waals surface area (Å²) >= 11 is 1.19. The van der Waals surface area contributed by atoms with Gasteiger partial charge >= 0.3 is 6.03 Å². The Bertz CT molecular complexity index is 729. The van der Waals surface area contributed by atoms with Crippen LogP contribution in [0.2, 0.25) is 0 Å². The number of hydrogen-bond donors (Lipinski definition) is 5. The van der Waals surface area contributed by atoms with Gasteiger partial charge in [0.25, 0.3) is 0 Å². The number of amidine groups is 1. The summed E-state index contributed by atoms with van der Waals surface area (Å²) in [6.45, 7) is 1.75. The van der Waals surface area contributed by atoms with Gasteiger partial charge in [0, 0.05) is 0 Å². The molecular weight excluding hydrogens is 326 g/mol. The summed E-state index contributed by atoms with van der Waals surface area (Å²) in [5.41, 5.74) is 6.35. The molecule has 0 aliphatic rings. The molecule has 2 aromatic rings. The number of anilines is 1. The van der Waals surface area contributed by atoms with E-state index in [1.54, 1.807) is 12.1 Å². The van der Waals surface area contributed by atoms with Crippen LogP contribution in [0.3, 0.4) is 0 Å². The first-order valence-electron chi connectivity index (χ1n) is 7.29. The monoisotopic (exact) mass is 345 g/mol. The number of urea groups is 1. The number of nitrogens with two attached hydrogens (primary N) is 1. The molecule has 0 bridgehead atoms. The molecule has 126 valence electrons. The predicted molar refractivity (Wildman–Crippen MR) is 95.4 cm³/mol. The average Bonchev–Trinajstić information content (AvgIpc) is 3.02. The maximum atomic E-state index is 11.9. The molecule has 0 saturated heterocycles. The number of nitrogens with one attached hydrogen (secondary N) is 4. The number of rotatable bonds is 6. The van der Waals surface area contributed by atoms with Crippen molar-refractivity contribution >= 4 is 34.1 Å². The summed E-state index contributed by atoms with van der Waals surface area (Å²) in [6.07, 6.45) is 0. The normalized spacial score (nSPS) is 11.4. The minimum absolute atomic E-state index is 0.0530. The molecule has 0 radical (unpaired) electrons. The van der Waals surface area contributed by atoms with Gasteiger partial charge in [-0.05, 0) is 24.6 Å². The van der Waals surface area contributed by atoms with Gasteiger partial charge in [0.15, 0.2) is 0 Å². The fourth-order valence-electron chi connectivity index (χ4n) is 1.98. The van der Waals surface area contributed by atoms with Crippen LogP contribution >= 0.6 is 11.3 Å². The third-order valence-corrected chi connectivity index (χ3v) is 4.23. The van der Waals surface area contributed by atoms with Crippen molar-refractivity contribution in [2.45, 2.75) is 13.0 Å². The fraction of sp³-hybridized carbons (Fsp3) is 0.188. The lowest BCUT2D eigenvalue weighted by Gasteiger charge is -2.14. The van der Waals surface area contributed by atoms with Crippen LogP contribution in [-0.4, -0.2) is 24.3 Å². The van der Waals surface area contributed by atoms with Crippen molar-refractivity contribution in [1.29, 1.82) is 5.41 Å². The van der Waals surface area contributed by atoms with E-state index in [4.69, 9.17) is 11.1 Å². The second kappa shape index (κ2) is 8.11. The lowest BCUT2D eigenvalue weighted by Crippen LogP contribution is -2.39. The van der Waals surface area contributed by atoms with Crippen LogP contribution in [0, 0.1) is 5.41 Å². The van der Waals surface area contributed by atoms with Gasteiger partial charge in [-0.2, -0.15) is 0 Å². The second-order valence-corrected chi connectivity index (χ2v) is 6.17. The zero-order valence-corrected chi connectivity index (χ0v) is 13.9. The SMILES string of the molecule is C[C@H](NC(=O)CNC(=O)Nc1ccc(C(=N)N)s1)c1ccccc1. The van der Waals surface area contributed by atoms with Gasteiger partial charge in [-0.15, -0.1) is 11.3 Å². The first kappa shape index (κ1) is 17.5. The highest BCUT2D eigenvalue weighted by Gasteiger charge is 2.11. The number of carbonyl (C=O) groups excluding carboxylic acids is 2. The molecular formula is C16H19N5O2S. The van der Waals surface area contributed by atoms with Gasteiger partial charge in [-0.1, -0.05) is 30.3 Å². The topological polar surface area (TPSA) is 120 Å². The lowest BCUT2D eigenvalue weighted by molar-refractivity contribution is -0.120. The maximum absolute atomic E-state index is 11.9. The first-order chi connectivity index (χ1) is 11.5. The van der Waals surface area contributed by atoms with Crippen LogP contribution in [0.5, 0.6) is 0 Å². The predicted octanol–water partition coefficient (Wildman–Crippen LogP) is 2.03. The second-order valence-electron chi connectivity index (χ2n) is 5.09. The lowest BCUT2D eigenvalue weighted by atomic mass is 10.1. The van der Waals surface area contributed by atoms with Crippen LogP contribution in [0.4, 0.5) is 9.80 Å². The molecule has 0 aliphatic heterocycles. The number of amides is 3. The first-order valence-corrected chi connectivity index (χ1v) is 8.10. The molecule has 8 heteroatoms. The van der Waals surface area contributed by atoms with Crippen LogP contribution < -0.4 is 21.7 Å². The van der Waals surface area contributed by atoms with Gasteiger partial charge in [0.2, 0.25) is 5.91 Å². The van der Waals surface area contributed by atoms with Crippen molar-refractivity contribution in [2.24, 2.45) is 5.73 Å². The molecule has 0 unspecified atom stereocenters. The third kappa shape index (κ3) is 5.10. The van der Waals surface area contributed by atoms with Crippen molar-refractivity contribution in [2.75, 3.05) is 11.9 Å². The van der Waals surface area contributed by atoms with Crippen LogP contribution in [0.15, 0.2) is 42.5 Å². The Kier molecular flexibility index (Phi) is 5.91. The van der Waals surface area contributed by atoms with Gasteiger partial charge in [-0.3, -0.25) is 15.5 Å². The molecule has 0 spiro atoms. The third-order valence-electron chi connectivity index (χ3n) is 3.19. The standard InChI is InChI=1S/C16H19N5O2S/c1-10(11-5-3-2-4-6-11)20-13(22)9-19-16(23)21-14-8-7-12(24-14)15(17)18/h2-8,10H,9H2,1H3,(H3,17,18)(H,20,22)(H2,19,21,23)/t10-/m0/s1. The van der Waals surface area contributed by atoms with Crippen molar-refractivity contribution in [3.05, 3.63) is 52.9 Å². The van der Waals surface area contributed by atoms with Crippen molar-refractivity contribution in [1.82, 2.24) is 10.6 Å². The molecule has 0 aliphatic carbocycles. The Morgan fingerprint density at radius 2 is 1.92 bits per heavy atom. The molecule has 1 aromatic heterocycles. The maximum Gasteiger partial charge on any atom is 0.320 e. The minimum Gasteiger partial charge on any atom is -0.383 e. The Morgan fingerprint density at radius 1 is 1.21 bits per heavy atom. The zero-order chi connectivity index (χ0) is 17.5.